The maximum absolute atomic E-state index is 14.6. The van der Waals surface area contributed by atoms with Gasteiger partial charge in [0.05, 0.1) is 6.04 Å². The van der Waals surface area contributed by atoms with Crippen molar-refractivity contribution in [2.45, 2.75) is 138 Å². The molecular formula is C35H54N2O4. The maximum Gasteiger partial charge on any atom is 0.252 e. The molecule has 0 bridgehead atoms. The Morgan fingerprint density at radius 3 is 2.20 bits per heavy atom. The highest BCUT2D eigenvalue weighted by Crippen LogP contribution is 2.75. The minimum Gasteiger partial charge on any atom is -0.353 e. The highest BCUT2D eigenvalue weighted by atomic mass is 16.5. The van der Waals surface area contributed by atoms with E-state index in [0.717, 1.165) is 69.3 Å². The van der Waals surface area contributed by atoms with Gasteiger partial charge in [-0.1, -0.05) is 54.0 Å². The summed E-state index contributed by atoms with van der Waals surface area (Å²) >= 11 is 0. The van der Waals surface area contributed by atoms with E-state index >= 15 is 0 Å². The van der Waals surface area contributed by atoms with Crippen molar-refractivity contribution < 1.29 is 19.6 Å². The molecule has 6 aliphatic carbocycles. The number of fused-ring (bicyclic) bond motifs is 7. The van der Waals surface area contributed by atoms with E-state index in [2.05, 4.69) is 59.9 Å². The van der Waals surface area contributed by atoms with Crippen molar-refractivity contribution in [3.8, 4) is 0 Å². The topological polar surface area (TPSA) is 86.7 Å². The van der Waals surface area contributed by atoms with Crippen molar-refractivity contribution in [1.82, 2.24) is 10.4 Å². The molecule has 41 heavy (non-hydrogen) atoms. The summed E-state index contributed by atoms with van der Waals surface area (Å²) in [6, 6.07) is 0.123. The first-order valence-electron chi connectivity index (χ1n) is 16.5. The zero-order valence-electron chi connectivity index (χ0n) is 26.9. The third-order valence-electron chi connectivity index (χ3n) is 14.6. The fraction of sp³-hybridized carbons (Fsp3) is 0.857. The number of nitrogens with one attached hydrogen (secondary N) is 1. The lowest BCUT2D eigenvalue weighted by molar-refractivity contribution is -0.193. The molecule has 6 nitrogen and oxygen atoms in total. The number of allylic oxidation sites excluding steroid dienone is 2. The SMILES string of the molecule is CC(=O)N[C@H]1CC[C@@]2(C)C(CC[C@]3(C)[C@@H]2C(=O)C=C2[C@@H]4C[C@@](C)(C(=O)N(O)C5CC5)CC[C@]4(C)CC[C@]23C)C1(C)C. The average molecular weight is 567 g/mol. The Hall–Kier alpha value is -1.69. The highest BCUT2D eigenvalue weighted by Gasteiger charge is 2.70. The monoisotopic (exact) mass is 566 g/mol. The summed E-state index contributed by atoms with van der Waals surface area (Å²) in [7, 11) is 0. The molecule has 2 N–H and O–H groups in total. The van der Waals surface area contributed by atoms with E-state index in [9.17, 15) is 19.6 Å². The van der Waals surface area contributed by atoms with Crippen molar-refractivity contribution in [2.75, 3.05) is 0 Å². The molecule has 0 spiro atoms. The molecule has 0 aromatic carbocycles. The van der Waals surface area contributed by atoms with E-state index in [4.69, 9.17) is 0 Å². The van der Waals surface area contributed by atoms with Crippen LogP contribution in [0.4, 0.5) is 0 Å². The summed E-state index contributed by atoms with van der Waals surface area (Å²) in [5.74, 6) is 0.715. The molecule has 6 heteroatoms. The van der Waals surface area contributed by atoms with Gasteiger partial charge in [0.25, 0.3) is 5.91 Å². The van der Waals surface area contributed by atoms with E-state index in [0.29, 0.717) is 18.1 Å². The third-order valence-corrected chi connectivity index (χ3v) is 14.6. The van der Waals surface area contributed by atoms with Gasteiger partial charge in [0, 0.05) is 24.3 Å². The van der Waals surface area contributed by atoms with Crippen LogP contribution >= 0.6 is 0 Å². The Balaban J connectivity index is 1.38. The van der Waals surface area contributed by atoms with Crippen molar-refractivity contribution in [3.63, 3.8) is 0 Å². The van der Waals surface area contributed by atoms with Gasteiger partial charge in [-0.25, -0.2) is 5.06 Å². The summed E-state index contributed by atoms with van der Waals surface area (Å²) in [5, 5.41) is 15.0. The van der Waals surface area contributed by atoms with E-state index in [1.165, 1.54) is 5.57 Å². The molecular weight excluding hydrogens is 512 g/mol. The van der Waals surface area contributed by atoms with E-state index in [1.807, 2.05) is 0 Å². The second-order valence-corrected chi connectivity index (χ2v) is 17.2. The van der Waals surface area contributed by atoms with Crippen molar-refractivity contribution >= 4 is 17.6 Å². The highest BCUT2D eigenvalue weighted by molar-refractivity contribution is 5.95. The van der Waals surface area contributed by atoms with E-state index in [1.54, 1.807) is 6.92 Å². The lowest BCUT2D eigenvalue weighted by Crippen LogP contribution is -2.67. The van der Waals surface area contributed by atoms with Gasteiger partial charge < -0.3 is 5.32 Å². The van der Waals surface area contributed by atoms with E-state index < -0.39 is 5.41 Å². The Labute approximate surface area is 247 Å². The molecule has 2 amide bonds. The first kappa shape index (κ1) is 29.4. The molecule has 228 valence electrons. The van der Waals surface area contributed by atoms with Crippen molar-refractivity contribution in [3.05, 3.63) is 11.6 Å². The van der Waals surface area contributed by atoms with Gasteiger partial charge in [-0.2, -0.15) is 0 Å². The molecule has 6 aliphatic rings. The summed E-state index contributed by atoms with van der Waals surface area (Å²) < 4.78 is 0. The molecule has 0 heterocycles. The summed E-state index contributed by atoms with van der Waals surface area (Å²) in [4.78, 5) is 40.2. The normalized spacial score (nSPS) is 48.5. The quantitative estimate of drug-likeness (QED) is 0.289. The van der Waals surface area contributed by atoms with Crippen LogP contribution in [-0.2, 0) is 14.4 Å². The van der Waals surface area contributed by atoms with Gasteiger partial charge in [-0.3, -0.25) is 19.6 Å². The second kappa shape index (κ2) is 8.92. The van der Waals surface area contributed by atoms with E-state index in [-0.39, 0.29) is 62.8 Å². The van der Waals surface area contributed by atoms with Crippen LogP contribution in [0.2, 0.25) is 0 Å². The number of amides is 2. The first-order valence-corrected chi connectivity index (χ1v) is 16.5. The lowest BCUT2D eigenvalue weighted by Gasteiger charge is -2.70. The Bertz CT molecular complexity index is 1200. The molecule has 0 aliphatic heterocycles. The molecule has 9 atom stereocenters. The number of hydroxylamine groups is 2. The number of nitrogens with zero attached hydrogens (tertiary/aromatic N) is 1. The average Bonchev–Trinajstić information content (AvgIpc) is 3.73. The Kier molecular flexibility index (Phi) is 6.39. The van der Waals surface area contributed by atoms with Crippen LogP contribution in [0.15, 0.2) is 11.6 Å². The summed E-state index contributed by atoms with van der Waals surface area (Å²) in [6.07, 6.45) is 12.5. The third kappa shape index (κ3) is 3.93. The summed E-state index contributed by atoms with van der Waals surface area (Å²) in [6.45, 7) is 18.0. The number of ketones is 1. The maximum atomic E-state index is 14.6. The smallest absolute Gasteiger partial charge is 0.252 e. The fourth-order valence-corrected chi connectivity index (χ4v) is 11.6. The molecule has 0 radical (unpaired) electrons. The minimum absolute atomic E-state index is 0.0136. The molecule has 5 fully saturated rings. The van der Waals surface area contributed by atoms with Gasteiger partial charge in [0.1, 0.15) is 0 Å². The van der Waals surface area contributed by atoms with Gasteiger partial charge >= 0.3 is 0 Å². The predicted molar refractivity (Wildman–Crippen MR) is 159 cm³/mol. The number of carbonyl (C=O) groups excluding carboxylic acids is 3. The lowest BCUT2D eigenvalue weighted by atomic mass is 9.33. The zero-order valence-corrected chi connectivity index (χ0v) is 26.9. The van der Waals surface area contributed by atoms with Crippen LogP contribution in [0, 0.1) is 50.2 Å². The number of carbonyl (C=O) groups is 3. The molecule has 6 rings (SSSR count). The largest absolute Gasteiger partial charge is 0.353 e. The number of hydrogen-bond acceptors (Lipinski definition) is 4. The molecule has 1 unspecified atom stereocenters. The van der Waals surface area contributed by atoms with Gasteiger partial charge in [-0.15, -0.1) is 0 Å². The first-order chi connectivity index (χ1) is 18.9. The van der Waals surface area contributed by atoms with Crippen molar-refractivity contribution in [1.29, 1.82) is 0 Å². The predicted octanol–water partition coefficient (Wildman–Crippen LogP) is 6.85. The van der Waals surface area contributed by atoms with Crippen LogP contribution in [0.5, 0.6) is 0 Å². The van der Waals surface area contributed by atoms with Crippen LogP contribution < -0.4 is 5.32 Å². The van der Waals surface area contributed by atoms with Crippen LogP contribution in [0.25, 0.3) is 0 Å². The van der Waals surface area contributed by atoms with Gasteiger partial charge in [0.2, 0.25) is 5.91 Å². The van der Waals surface area contributed by atoms with Crippen LogP contribution in [0.1, 0.15) is 126 Å². The Morgan fingerprint density at radius 2 is 1.56 bits per heavy atom. The van der Waals surface area contributed by atoms with Gasteiger partial charge in [-0.05, 0) is 116 Å². The van der Waals surface area contributed by atoms with Crippen molar-refractivity contribution in [2.24, 2.45) is 50.2 Å². The molecule has 0 saturated heterocycles. The molecule has 5 saturated carbocycles. The minimum atomic E-state index is -0.600. The van der Waals surface area contributed by atoms with Crippen LogP contribution in [-0.4, -0.2) is 40.0 Å². The molecule has 0 aromatic heterocycles. The van der Waals surface area contributed by atoms with Gasteiger partial charge in [0.15, 0.2) is 5.78 Å². The summed E-state index contributed by atoms with van der Waals surface area (Å²) in [5.41, 5.74) is 0.335. The molecule has 0 aromatic rings. The zero-order chi connectivity index (χ0) is 30.0. The number of hydrogen-bond donors (Lipinski definition) is 2. The van der Waals surface area contributed by atoms with Crippen LogP contribution in [0.3, 0.4) is 0 Å². The fourth-order valence-electron chi connectivity index (χ4n) is 11.6. The standard InChI is InChI=1S/C35H54N2O4/c1-21(38)36-27-12-13-33(6)26(30(27,2)3)11-14-35(8)28(33)25(39)19-23-24-20-32(5,29(40)37(41)22-9-10-22)16-15-31(24,4)17-18-34(23,35)7/h19,22,24,26-28,41H,9-18,20H2,1-8H3,(H,36,38)/t24-,26?,27-,28+,31+,32-,33-,34+,35+/m0/s1. The number of rotatable bonds is 3. The Morgan fingerprint density at radius 1 is 0.902 bits per heavy atom. The second-order valence-electron chi connectivity index (χ2n) is 17.2.